The van der Waals surface area contributed by atoms with Crippen molar-refractivity contribution in [1.82, 2.24) is 15.5 Å². The number of ether oxygens (including phenoxy) is 2. The third-order valence-corrected chi connectivity index (χ3v) is 5.90. The lowest BCUT2D eigenvalue weighted by Crippen LogP contribution is -2.44. The summed E-state index contributed by atoms with van der Waals surface area (Å²) >= 11 is 0. The number of hydrogen-bond acceptors (Lipinski definition) is 5. The molecule has 0 radical (unpaired) electrons. The second-order valence-corrected chi connectivity index (χ2v) is 8.05. The number of carbonyl (C=O) groups is 3. The highest BCUT2D eigenvalue weighted by Gasteiger charge is 2.47. The van der Waals surface area contributed by atoms with Crippen LogP contribution >= 0.6 is 0 Å². The summed E-state index contributed by atoms with van der Waals surface area (Å²) in [5.41, 5.74) is 2.10. The van der Waals surface area contributed by atoms with E-state index in [1.165, 1.54) is 0 Å². The van der Waals surface area contributed by atoms with Crippen LogP contribution in [0.1, 0.15) is 53.3 Å². The third-order valence-electron chi connectivity index (χ3n) is 5.90. The van der Waals surface area contributed by atoms with Gasteiger partial charge in [0.1, 0.15) is 6.04 Å². The predicted octanol–water partition coefficient (Wildman–Crippen LogP) is 2.36. The van der Waals surface area contributed by atoms with Crippen LogP contribution in [0.3, 0.4) is 0 Å². The summed E-state index contributed by atoms with van der Waals surface area (Å²) < 4.78 is 10.6. The first-order valence-electron chi connectivity index (χ1n) is 10.6. The van der Waals surface area contributed by atoms with E-state index in [1.807, 2.05) is 19.1 Å². The van der Waals surface area contributed by atoms with Crippen molar-refractivity contribution in [2.75, 3.05) is 20.8 Å². The van der Waals surface area contributed by atoms with Crippen molar-refractivity contribution in [3.8, 4) is 11.5 Å². The standard InChI is InChI=1S/C24H27N3O5/c1-14(15-8-11-19(31-2)20(12-15)32-3)26-21(28)13-25-23(29)22-17-6-4-5-7-18(17)24(30)27(22)16-9-10-16/h4-8,11-12,14,16,22H,9-10,13H2,1-3H3,(H,25,29)(H,26,28). The summed E-state index contributed by atoms with van der Waals surface area (Å²) in [4.78, 5) is 39.9. The van der Waals surface area contributed by atoms with Crippen molar-refractivity contribution < 1.29 is 23.9 Å². The van der Waals surface area contributed by atoms with Crippen LogP contribution in [0.2, 0.25) is 0 Å². The molecule has 1 aliphatic heterocycles. The molecule has 1 heterocycles. The average molecular weight is 437 g/mol. The van der Waals surface area contributed by atoms with Gasteiger partial charge in [0, 0.05) is 11.6 Å². The van der Waals surface area contributed by atoms with Crippen molar-refractivity contribution >= 4 is 17.7 Å². The highest BCUT2D eigenvalue weighted by molar-refractivity contribution is 6.05. The Balaban J connectivity index is 1.39. The van der Waals surface area contributed by atoms with E-state index in [-0.39, 0.29) is 36.3 Å². The van der Waals surface area contributed by atoms with Crippen LogP contribution in [0.15, 0.2) is 42.5 Å². The quantitative estimate of drug-likeness (QED) is 0.661. The first-order chi connectivity index (χ1) is 15.4. The molecule has 2 atom stereocenters. The molecule has 2 aromatic rings. The van der Waals surface area contributed by atoms with E-state index >= 15 is 0 Å². The maximum atomic E-state index is 13.0. The van der Waals surface area contributed by atoms with E-state index in [0.29, 0.717) is 22.6 Å². The lowest BCUT2D eigenvalue weighted by molar-refractivity contribution is -0.129. The second-order valence-electron chi connectivity index (χ2n) is 8.05. The molecule has 2 unspecified atom stereocenters. The summed E-state index contributed by atoms with van der Waals surface area (Å²) in [5.74, 6) is 0.396. The second kappa shape index (κ2) is 8.90. The van der Waals surface area contributed by atoms with E-state index in [1.54, 1.807) is 49.5 Å². The number of hydrogen-bond donors (Lipinski definition) is 2. The van der Waals surface area contributed by atoms with Gasteiger partial charge in [-0.05, 0) is 49.1 Å². The van der Waals surface area contributed by atoms with Gasteiger partial charge < -0.3 is 25.0 Å². The van der Waals surface area contributed by atoms with Crippen LogP contribution in [-0.4, -0.2) is 49.4 Å². The van der Waals surface area contributed by atoms with Crippen LogP contribution in [0.25, 0.3) is 0 Å². The fraction of sp³-hybridized carbons (Fsp3) is 0.375. The highest BCUT2D eigenvalue weighted by atomic mass is 16.5. The molecular weight excluding hydrogens is 410 g/mol. The first-order valence-corrected chi connectivity index (χ1v) is 10.6. The van der Waals surface area contributed by atoms with Crippen molar-refractivity contribution in [3.05, 3.63) is 59.2 Å². The first kappa shape index (κ1) is 21.7. The fourth-order valence-electron chi connectivity index (χ4n) is 4.10. The fourth-order valence-corrected chi connectivity index (χ4v) is 4.10. The van der Waals surface area contributed by atoms with Crippen LogP contribution < -0.4 is 20.1 Å². The molecule has 2 aliphatic rings. The van der Waals surface area contributed by atoms with Gasteiger partial charge in [-0.3, -0.25) is 14.4 Å². The molecule has 1 fully saturated rings. The zero-order chi connectivity index (χ0) is 22.8. The minimum absolute atomic E-state index is 0.0875. The topological polar surface area (TPSA) is 97.0 Å². The van der Waals surface area contributed by atoms with E-state index in [4.69, 9.17) is 9.47 Å². The highest BCUT2D eigenvalue weighted by Crippen LogP contribution is 2.41. The molecule has 2 aromatic carbocycles. The molecule has 1 aliphatic carbocycles. The van der Waals surface area contributed by atoms with Gasteiger partial charge in [0.25, 0.3) is 5.91 Å². The number of amides is 3. The third kappa shape index (κ3) is 4.12. The molecule has 8 heteroatoms. The Bertz CT molecular complexity index is 1050. The normalized spacial score (nSPS) is 18.0. The maximum absolute atomic E-state index is 13.0. The monoisotopic (exact) mass is 437 g/mol. The van der Waals surface area contributed by atoms with Gasteiger partial charge in [-0.15, -0.1) is 0 Å². The summed E-state index contributed by atoms with van der Waals surface area (Å²) in [5, 5.41) is 5.58. The lowest BCUT2D eigenvalue weighted by Gasteiger charge is -2.24. The Morgan fingerprint density at radius 2 is 1.81 bits per heavy atom. The SMILES string of the molecule is COc1ccc(C(C)NC(=O)CNC(=O)C2c3ccccc3C(=O)N2C2CC2)cc1OC. The van der Waals surface area contributed by atoms with Gasteiger partial charge in [-0.1, -0.05) is 24.3 Å². The minimum atomic E-state index is -0.692. The van der Waals surface area contributed by atoms with Gasteiger partial charge in [0.15, 0.2) is 11.5 Å². The van der Waals surface area contributed by atoms with Crippen molar-refractivity contribution in [2.24, 2.45) is 0 Å². The Hall–Kier alpha value is -3.55. The van der Waals surface area contributed by atoms with E-state index in [2.05, 4.69) is 10.6 Å². The van der Waals surface area contributed by atoms with E-state index < -0.39 is 6.04 Å². The van der Waals surface area contributed by atoms with Crippen molar-refractivity contribution in [3.63, 3.8) is 0 Å². The van der Waals surface area contributed by atoms with E-state index in [9.17, 15) is 14.4 Å². The van der Waals surface area contributed by atoms with Gasteiger partial charge >= 0.3 is 0 Å². The number of methoxy groups -OCH3 is 2. The molecule has 0 spiro atoms. The molecule has 3 amide bonds. The minimum Gasteiger partial charge on any atom is -0.493 e. The van der Waals surface area contributed by atoms with Crippen LogP contribution in [-0.2, 0) is 9.59 Å². The average Bonchev–Trinajstić information content (AvgIpc) is 3.60. The Morgan fingerprint density at radius 3 is 2.50 bits per heavy atom. The lowest BCUT2D eigenvalue weighted by atomic mass is 10.0. The number of nitrogens with one attached hydrogen (secondary N) is 2. The summed E-state index contributed by atoms with van der Waals surface area (Å²) in [7, 11) is 3.11. The maximum Gasteiger partial charge on any atom is 0.255 e. The molecule has 4 rings (SSSR count). The van der Waals surface area contributed by atoms with Gasteiger partial charge in [-0.25, -0.2) is 0 Å². The molecule has 8 nitrogen and oxygen atoms in total. The van der Waals surface area contributed by atoms with Gasteiger partial charge in [0.05, 0.1) is 26.8 Å². The van der Waals surface area contributed by atoms with Gasteiger partial charge in [-0.2, -0.15) is 0 Å². The zero-order valence-corrected chi connectivity index (χ0v) is 18.4. The smallest absolute Gasteiger partial charge is 0.255 e. The van der Waals surface area contributed by atoms with Crippen LogP contribution in [0.4, 0.5) is 0 Å². The Morgan fingerprint density at radius 1 is 1.09 bits per heavy atom. The predicted molar refractivity (Wildman–Crippen MR) is 117 cm³/mol. The van der Waals surface area contributed by atoms with Crippen LogP contribution in [0.5, 0.6) is 11.5 Å². The molecule has 0 saturated heterocycles. The summed E-state index contributed by atoms with van der Waals surface area (Å²) in [6.07, 6.45) is 1.79. The number of carbonyl (C=O) groups excluding carboxylic acids is 3. The van der Waals surface area contributed by atoms with Gasteiger partial charge in [0.2, 0.25) is 11.8 Å². The summed E-state index contributed by atoms with van der Waals surface area (Å²) in [6.45, 7) is 1.67. The largest absolute Gasteiger partial charge is 0.493 e. The number of fused-ring (bicyclic) bond motifs is 1. The molecule has 0 bridgehead atoms. The molecule has 0 aromatic heterocycles. The molecule has 168 valence electrons. The molecule has 2 N–H and O–H groups in total. The number of nitrogens with zero attached hydrogens (tertiary/aromatic N) is 1. The number of rotatable bonds is 8. The Kier molecular flexibility index (Phi) is 6.03. The molecule has 1 saturated carbocycles. The summed E-state index contributed by atoms with van der Waals surface area (Å²) in [6, 6.07) is 11.7. The Labute approximate surface area is 186 Å². The van der Waals surface area contributed by atoms with Crippen molar-refractivity contribution in [1.29, 1.82) is 0 Å². The molecule has 32 heavy (non-hydrogen) atoms. The zero-order valence-electron chi connectivity index (χ0n) is 18.4. The van der Waals surface area contributed by atoms with Crippen LogP contribution in [0, 0.1) is 0 Å². The number of benzene rings is 2. The van der Waals surface area contributed by atoms with E-state index in [0.717, 1.165) is 18.4 Å². The van der Waals surface area contributed by atoms with Crippen molar-refractivity contribution in [2.45, 2.75) is 37.9 Å². The molecular formula is C24H27N3O5.